The molecule has 0 saturated carbocycles. The molecule has 4 rings (SSSR count). The first kappa shape index (κ1) is 17.7. The van der Waals surface area contributed by atoms with Crippen molar-refractivity contribution in [2.45, 2.75) is 31.5 Å². The van der Waals surface area contributed by atoms with Crippen molar-refractivity contribution in [3.8, 4) is 0 Å². The third-order valence-corrected chi connectivity index (χ3v) is 6.41. The average molecular weight is 354 g/mol. The van der Waals surface area contributed by atoms with Gasteiger partial charge in [0.05, 0.1) is 17.6 Å². The van der Waals surface area contributed by atoms with E-state index in [0.29, 0.717) is 5.54 Å². The summed E-state index contributed by atoms with van der Waals surface area (Å²) in [7, 11) is 4.56. The molecule has 0 radical (unpaired) electrons. The minimum absolute atomic E-state index is 0.333. The number of rotatable bonds is 4. The van der Waals surface area contributed by atoms with E-state index in [1.807, 2.05) is 6.08 Å². The molecule has 0 aliphatic carbocycles. The number of hydrogen-bond donors (Lipinski definition) is 0. The number of benzene rings is 1. The molecular formula is C21H31N5. The molecule has 2 aliphatic heterocycles. The van der Waals surface area contributed by atoms with Crippen molar-refractivity contribution in [3.63, 3.8) is 0 Å². The number of fused-ring (bicyclic) bond motifs is 1. The van der Waals surface area contributed by atoms with E-state index in [9.17, 15) is 0 Å². The summed E-state index contributed by atoms with van der Waals surface area (Å²) in [5, 5.41) is 0. The highest BCUT2D eigenvalue weighted by atomic mass is 15.3. The summed E-state index contributed by atoms with van der Waals surface area (Å²) in [6, 6.07) is 8.44. The lowest BCUT2D eigenvalue weighted by atomic mass is 9.84. The van der Waals surface area contributed by atoms with Gasteiger partial charge in [0.25, 0.3) is 0 Å². The molecule has 0 amide bonds. The zero-order valence-corrected chi connectivity index (χ0v) is 16.2. The monoisotopic (exact) mass is 353 g/mol. The molecule has 1 aromatic heterocycles. The first-order valence-electron chi connectivity index (χ1n) is 9.78. The van der Waals surface area contributed by atoms with Crippen LogP contribution in [-0.4, -0.2) is 76.6 Å². The average Bonchev–Trinajstić information content (AvgIpc) is 2.99. The third kappa shape index (κ3) is 3.20. The lowest BCUT2D eigenvalue weighted by Crippen LogP contribution is -2.63. The largest absolute Gasteiger partial charge is 0.323 e. The SMILES string of the molecule is C=CCn1c(CN2CCN(C)C3(CCN(C)CC3)C2)nc2ccccc21. The molecule has 2 saturated heterocycles. The molecule has 2 aromatic rings. The van der Waals surface area contributed by atoms with Crippen molar-refractivity contribution in [1.82, 2.24) is 24.3 Å². The fourth-order valence-corrected chi connectivity index (χ4v) is 4.63. The number of likely N-dealkylation sites (tertiary alicyclic amines) is 1. The quantitative estimate of drug-likeness (QED) is 0.789. The van der Waals surface area contributed by atoms with Gasteiger partial charge in [-0.15, -0.1) is 6.58 Å². The Morgan fingerprint density at radius 2 is 1.88 bits per heavy atom. The first-order chi connectivity index (χ1) is 12.6. The molecule has 1 spiro atoms. The van der Waals surface area contributed by atoms with Crippen LogP contribution in [0, 0.1) is 0 Å². The second-order valence-electron chi connectivity index (χ2n) is 8.08. The van der Waals surface area contributed by atoms with Crippen LogP contribution in [0.2, 0.25) is 0 Å². The van der Waals surface area contributed by atoms with E-state index in [0.717, 1.165) is 38.2 Å². The molecule has 26 heavy (non-hydrogen) atoms. The molecule has 0 atom stereocenters. The van der Waals surface area contributed by atoms with Crippen LogP contribution < -0.4 is 0 Å². The van der Waals surface area contributed by atoms with Crippen LogP contribution in [0.25, 0.3) is 11.0 Å². The van der Waals surface area contributed by atoms with Gasteiger partial charge in [0.2, 0.25) is 0 Å². The highest BCUT2D eigenvalue weighted by Crippen LogP contribution is 2.32. The number of nitrogens with zero attached hydrogens (tertiary/aromatic N) is 5. The number of piperidine rings is 1. The van der Waals surface area contributed by atoms with Crippen molar-refractivity contribution >= 4 is 11.0 Å². The maximum atomic E-state index is 4.94. The minimum atomic E-state index is 0.333. The minimum Gasteiger partial charge on any atom is -0.323 e. The Labute approximate surface area is 156 Å². The van der Waals surface area contributed by atoms with Gasteiger partial charge in [0.1, 0.15) is 5.82 Å². The first-order valence-corrected chi connectivity index (χ1v) is 9.78. The summed E-state index contributed by atoms with van der Waals surface area (Å²) in [5.74, 6) is 1.17. The second kappa shape index (κ2) is 7.14. The summed E-state index contributed by atoms with van der Waals surface area (Å²) in [6.07, 6.45) is 4.50. The summed E-state index contributed by atoms with van der Waals surface area (Å²) < 4.78 is 2.32. The number of imidazole rings is 1. The Morgan fingerprint density at radius 3 is 2.65 bits per heavy atom. The van der Waals surface area contributed by atoms with Gasteiger partial charge in [-0.2, -0.15) is 0 Å². The molecule has 140 valence electrons. The number of hydrogen-bond acceptors (Lipinski definition) is 4. The van der Waals surface area contributed by atoms with Crippen molar-refractivity contribution in [2.24, 2.45) is 0 Å². The van der Waals surface area contributed by atoms with Crippen LogP contribution >= 0.6 is 0 Å². The lowest BCUT2D eigenvalue weighted by Gasteiger charge is -2.52. The van der Waals surface area contributed by atoms with Gasteiger partial charge in [-0.1, -0.05) is 18.2 Å². The topological polar surface area (TPSA) is 27.5 Å². The Bertz CT molecular complexity index is 772. The molecule has 0 unspecified atom stereocenters. The second-order valence-corrected chi connectivity index (χ2v) is 8.08. The Kier molecular flexibility index (Phi) is 4.86. The van der Waals surface area contributed by atoms with E-state index < -0.39 is 0 Å². The highest BCUT2D eigenvalue weighted by molar-refractivity contribution is 5.75. The molecule has 0 bridgehead atoms. The zero-order valence-electron chi connectivity index (χ0n) is 16.2. The van der Waals surface area contributed by atoms with Gasteiger partial charge < -0.3 is 9.47 Å². The fourth-order valence-electron chi connectivity index (χ4n) is 4.63. The molecule has 1 aromatic carbocycles. The van der Waals surface area contributed by atoms with Gasteiger partial charge in [-0.3, -0.25) is 9.80 Å². The summed E-state index contributed by atoms with van der Waals surface area (Å²) >= 11 is 0. The van der Waals surface area contributed by atoms with E-state index in [4.69, 9.17) is 4.98 Å². The van der Waals surface area contributed by atoms with Gasteiger partial charge in [-0.05, 0) is 52.2 Å². The molecule has 2 aliphatic rings. The number of piperazine rings is 1. The Hall–Kier alpha value is -1.69. The van der Waals surface area contributed by atoms with Crippen LogP contribution in [0.15, 0.2) is 36.9 Å². The van der Waals surface area contributed by atoms with Gasteiger partial charge in [0, 0.05) is 31.7 Å². The van der Waals surface area contributed by atoms with Crippen LogP contribution in [0.5, 0.6) is 0 Å². The van der Waals surface area contributed by atoms with Crippen LogP contribution in [0.3, 0.4) is 0 Å². The van der Waals surface area contributed by atoms with Crippen molar-refractivity contribution in [2.75, 3.05) is 46.8 Å². The molecule has 5 nitrogen and oxygen atoms in total. The van der Waals surface area contributed by atoms with E-state index in [1.165, 1.54) is 37.3 Å². The highest BCUT2D eigenvalue weighted by Gasteiger charge is 2.41. The predicted octanol–water partition coefficient (Wildman–Crippen LogP) is 2.43. The molecule has 0 N–H and O–H groups in total. The summed E-state index contributed by atoms with van der Waals surface area (Å²) in [4.78, 5) is 12.6. The molecule has 3 heterocycles. The maximum absolute atomic E-state index is 4.94. The molecule has 2 fully saturated rings. The van der Waals surface area contributed by atoms with E-state index >= 15 is 0 Å². The van der Waals surface area contributed by atoms with Gasteiger partial charge in [-0.25, -0.2) is 4.98 Å². The smallest absolute Gasteiger partial charge is 0.124 e. The Morgan fingerprint density at radius 1 is 1.12 bits per heavy atom. The molecule has 5 heteroatoms. The lowest BCUT2D eigenvalue weighted by molar-refractivity contribution is -0.0267. The number of para-hydroxylation sites is 2. The van der Waals surface area contributed by atoms with Gasteiger partial charge >= 0.3 is 0 Å². The number of likely N-dealkylation sites (N-methyl/N-ethyl adjacent to an activating group) is 1. The summed E-state index contributed by atoms with van der Waals surface area (Å²) in [5.41, 5.74) is 2.64. The van der Waals surface area contributed by atoms with Crippen LogP contribution in [0.1, 0.15) is 18.7 Å². The van der Waals surface area contributed by atoms with Crippen molar-refractivity contribution in [3.05, 3.63) is 42.7 Å². The van der Waals surface area contributed by atoms with E-state index in [1.54, 1.807) is 0 Å². The summed E-state index contributed by atoms with van der Waals surface area (Å²) in [6.45, 7) is 11.5. The van der Waals surface area contributed by atoms with Crippen molar-refractivity contribution in [1.29, 1.82) is 0 Å². The fraction of sp³-hybridized carbons (Fsp3) is 0.571. The zero-order chi connectivity index (χ0) is 18.1. The van der Waals surface area contributed by atoms with Crippen molar-refractivity contribution < 1.29 is 0 Å². The number of aromatic nitrogens is 2. The van der Waals surface area contributed by atoms with Crippen LogP contribution in [0.4, 0.5) is 0 Å². The maximum Gasteiger partial charge on any atom is 0.124 e. The normalized spacial score (nSPS) is 22.2. The number of allylic oxidation sites excluding steroid dienone is 1. The molecular weight excluding hydrogens is 322 g/mol. The Balaban J connectivity index is 1.56. The third-order valence-electron chi connectivity index (χ3n) is 6.41. The van der Waals surface area contributed by atoms with E-state index in [2.05, 4.69) is 64.2 Å². The predicted molar refractivity (Wildman–Crippen MR) is 107 cm³/mol. The van der Waals surface area contributed by atoms with E-state index in [-0.39, 0.29) is 0 Å². The van der Waals surface area contributed by atoms with Gasteiger partial charge in [0.15, 0.2) is 0 Å². The standard InChI is InChI=1S/C21H31N5/c1-4-11-26-19-8-6-5-7-18(19)22-20(26)16-25-15-14-24(3)21(17-25)9-12-23(2)13-10-21/h4-8H,1,9-17H2,2-3H3. The van der Waals surface area contributed by atoms with Crippen LogP contribution in [-0.2, 0) is 13.1 Å².